The van der Waals surface area contributed by atoms with E-state index in [0.29, 0.717) is 5.56 Å². The molecule has 1 heterocycles. The molecule has 0 unspecified atom stereocenters. The number of nitrogens with one attached hydrogen (secondary N) is 1. The molecule has 0 bridgehead atoms. The van der Waals surface area contributed by atoms with Crippen molar-refractivity contribution in [3.63, 3.8) is 0 Å². The Kier molecular flexibility index (Phi) is 4.03. The topological polar surface area (TPSA) is 51.1 Å². The standard InChI is InChI=1S/C16H18N2O2/c1-11-6-4-7-12(2)15(11)17-14(19)10-18-9-5-8-13(3)16(18)20/h4-9H,10H2,1-3H3,(H,17,19). The molecule has 2 rings (SSSR count). The molecule has 0 aliphatic rings. The van der Waals surface area contributed by atoms with Gasteiger partial charge in [0.15, 0.2) is 0 Å². The first-order valence-corrected chi connectivity index (χ1v) is 6.51. The lowest BCUT2D eigenvalue weighted by atomic mass is 10.1. The van der Waals surface area contributed by atoms with E-state index in [1.807, 2.05) is 32.0 Å². The number of carbonyl (C=O) groups excluding carboxylic acids is 1. The maximum atomic E-state index is 12.1. The Bertz CT molecular complexity index is 682. The normalized spacial score (nSPS) is 10.3. The first-order chi connectivity index (χ1) is 9.49. The predicted octanol–water partition coefficient (Wildman–Crippen LogP) is 2.41. The van der Waals surface area contributed by atoms with Crippen LogP contribution in [0.2, 0.25) is 0 Å². The lowest BCUT2D eigenvalue weighted by Gasteiger charge is -2.12. The predicted molar refractivity (Wildman–Crippen MR) is 80.0 cm³/mol. The Morgan fingerprint density at radius 1 is 1.05 bits per heavy atom. The fourth-order valence-corrected chi connectivity index (χ4v) is 2.13. The van der Waals surface area contributed by atoms with Gasteiger partial charge in [-0.3, -0.25) is 9.59 Å². The van der Waals surface area contributed by atoms with Crippen LogP contribution in [0.3, 0.4) is 0 Å². The van der Waals surface area contributed by atoms with Crippen LogP contribution in [0.5, 0.6) is 0 Å². The van der Waals surface area contributed by atoms with E-state index in [1.165, 1.54) is 4.57 Å². The summed E-state index contributed by atoms with van der Waals surface area (Å²) >= 11 is 0. The minimum Gasteiger partial charge on any atom is -0.324 e. The average Bonchev–Trinajstić information content (AvgIpc) is 2.39. The molecule has 0 fully saturated rings. The van der Waals surface area contributed by atoms with Gasteiger partial charge in [0.25, 0.3) is 5.56 Å². The zero-order chi connectivity index (χ0) is 14.7. The summed E-state index contributed by atoms with van der Waals surface area (Å²) in [5.41, 5.74) is 3.33. The molecule has 0 aliphatic carbocycles. The smallest absolute Gasteiger partial charge is 0.253 e. The molecule has 1 amide bonds. The Hall–Kier alpha value is -2.36. The number of nitrogens with zero attached hydrogens (tertiary/aromatic N) is 1. The number of pyridine rings is 1. The second kappa shape index (κ2) is 5.74. The van der Waals surface area contributed by atoms with Gasteiger partial charge in [-0.2, -0.15) is 0 Å². The van der Waals surface area contributed by atoms with Gasteiger partial charge in [-0.25, -0.2) is 0 Å². The molecule has 0 saturated heterocycles. The van der Waals surface area contributed by atoms with Gasteiger partial charge in [-0.1, -0.05) is 24.3 Å². The highest BCUT2D eigenvalue weighted by Crippen LogP contribution is 2.19. The van der Waals surface area contributed by atoms with Crippen LogP contribution < -0.4 is 10.9 Å². The summed E-state index contributed by atoms with van der Waals surface area (Å²) in [6, 6.07) is 9.35. The van der Waals surface area contributed by atoms with E-state index in [4.69, 9.17) is 0 Å². The molecule has 1 aromatic carbocycles. The molecule has 0 spiro atoms. The molecule has 0 aliphatic heterocycles. The van der Waals surface area contributed by atoms with Gasteiger partial charge in [0, 0.05) is 17.4 Å². The highest BCUT2D eigenvalue weighted by atomic mass is 16.2. The lowest BCUT2D eigenvalue weighted by molar-refractivity contribution is -0.116. The van der Waals surface area contributed by atoms with Gasteiger partial charge in [-0.15, -0.1) is 0 Å². The summed E-state index contributed by atoms with van der Waals surface area (Å²) in [4.78, 5) is 24.0. The van der Waals surface area contributed by atoms with Crippen LogP contribution in [-0.2, 0) is 11.3 Å². The highest BCUT2D eigenvalue weighted by molar-refractivity contribution is 5.92. The molecule has 4 nitrogen and oxygen atoms in total. The van der Waals surface area contributed by atoms with Gasteiger partial charge < -0.3 is 9.88 Å². The number of para-hydroxylation sites is 1. The number of carbonyl (C=O) groups is 1. The van der Waals surface area contributed by atoms with Gasteiger partial charge in [0.1, 0.15) is 6.54 Å². The van der Waals surface area contributed by atoms with Crippen LogP contribution in [0.25, 0.3) is 0 Å². The highest BCUT2D eigenvalue weighted by Gasteiger charge is 2.09. The van der Waals surface area contributed by atoms with E-state index < -0.39 is 0 Å². The monoisotopic (exact) mass is 270 g/mol. The van der Waals surface area contributed by atoms with Crippen molar-refractivity contribution >= 4 is 11.6 Å². The Labute approximate surface area is 118 Å². The average molecular weight is 270 g/mol. The number of aromatic nitrogens is 1. The van der Waals surface area contributed by atoms with Crippen LogP contribution in [0.1, 0.15) is 16.7 Å². The maximum absolute atomic E-state index is 12.1. The Morgan fingerprint density at radius 2 is 1.65 bits per heavy atom. The minimum atomic E-state index is -0.199. The summed E-state index contributed by atoms with van der Waals surface area (Å²) in [7, 11) is 0. The van der Waals surface area contributed by atoms with E-state index in [-0.39, 0.29) is 18.0 Å². The third-order valence-corrected chi connectivity index (χ3v) is 3.27. The SMILES string of the molecule is Cc1cccc(C)c1NC(=O)Cn1cccc(C)c1=O. The number of aryl methyl sites for hydroxylation is 3. The summed E-state index contributed by atoms with van der Waals surface area (Å²) < 4.78 is 1.41. The number of amides is 1. The first kappa shape index (κ1) is 14.1. The van der Waals surface area contributed by atoms with Crippen molar-refractivity contribution in [2.75, 3.05) is 5.32 Å². The van der Waals surface area contributed by atoms with Gasteiger partial charge in [0.05, 0.1) is 0 Å². The van der Waals surface area contributed by atoms with Crippen molar-refractivity contribution in [2.45, 2.75) is 27.3 Å². The molecular weight excluding hydrogens is 252 g/mol. The Balaban J connectivity index is 2.18. The molecule has 0 saturated carbocycles. The number of anilines is 1. The second-order valence-electron chi connectivity index (χ2n) is 4.94. The van der Waals surface area contributed by atoms with Crippen molar-refractivity contribution < 1.29 is 4.79 Å². The van der Waals surface area contributed by atoms with Gasteiger partial charge in [-0.05, 0) is 38.0 Å². The molecule has 1 aromatic heterocycles. The van der Waals surface area contributed by atoms with E-state index in [1.54, 1.807) is 25.3 Å². The second-order valence-corrected chi connectivity index (χ2v) is 4.94. The molecule has 104 valence electrons. The summed E-state index contributed by atoms with van der Waals surface area (Å²) in [5.74, 6) is -0.199. The summed E-state index contributed by atoms with van der Waals surface area (Å²) in [6.45, 7) is 5.65. The zero-order valence-electron chi connectivity index (χ0n) is 11.9. The number of benzene rings is 1. The Morgan fingerprint density at radius 3 is 2.30 bits per heavy atom. The maximum Gasteiger partial charge on any atom is 0.253 e. The summed E-state index contributed by atoms with van der Waals surface area (Å²) in [6.07, 6.45) is 1.62. The number of hydrogen-bond acceptors (Lipinski definition) is 2. The van der Waals surface area contributed by atoms with E-state index >= 15 is 0 Å². The van der Waals surface area contributed by atoms with E-state index in [9.17, 15) is 9.59 Å². The van der Waals surface area contributed by atoms with Crippen molar-refractivity contribution in [1.29, 1.82) is 0 Å². The van der Waals surface area contributed by atoms with Gasteiger partial charge >= 0.3 is 0 Å². The van der Waals surface area contributed by atoms with E-state index in [2.05, 4.69) is 5.32 Å². The van der Waals surface area contributed by atoms with Crippen molar-refractivity contribution in [1.82, 2.24) is 4.57 Å². The van der Waals surface area contributed by atoms with Crippen LogP contribution in [0.15, 0.2) is 41.3 Å². The van der Waals surface area contributed by atoms with Crippen molar-refractivity contribution in [3.8, 4) is 0 Å². The molecule has 4 heteroatoms. The number of hydrogen-bond donors (Lipinski definition) is 1. The van der Waals surface area contributed by atoms with Crippen molar-refractivity contribution in [3.05, 3.63) is 63.6 Å². The zero-order valence-corrected chi connectivity index (χ0v) is 11.9. The van der Waals surface area contributed by atoms with Crippen LogP contribution in [0.4, 0.5) is 5.69 Å². The third kappa shape index (κ3) is 2.96. The van der Waals surface area contributed by atoms with Crippen molar-refractivity contribution in [2.24, 2.45) is 0 Å². The summed E-state index contributed by atoms with van der Waals surface area (Å²) in [5, 5.41) is 2.87. The molecular formula is C16H18N2O2. The molecule has 20 heavy (non-hydrogen) atoms. The molecule has 0 radical (unpaired) electrons. The van der Waals surface area contributed by atoms with Gasteiger partial charge in [0.2, 0.25) is 5.91 Å². The van der Waals surface area contributed by atoms with Crippen LogP contribution in [-0.4, -0.2) is 10.5 Å². The fraction of sp³-hybridized carbons (Fsp3) is 0.250. The largest absolute Gasteiger partial charge is 0.324 e. The number of rotatable bonds is 3. The van der Waals surface area contributed by atoms with E-state index in [0.717, 1.165) is 16.8 Å². The quantitative estimate of drug-likeness (QED) is 0.931. The lowest BCUT2D eigenvalue weighted by Crippen LogP contribution is -2.28. The molecule has 1 N–H and O–H groups in total. The first-order valence-electron chi connectivity index (χ1n) is 6.51. The minimum absolute atomic E-state index is 0.0221. The molecule has 0 atom stereocenters. The fourth-order valence-electron chi connectivity index (χ4n) is 2.13. The third-order valence-electron chi connectivity index (χ3n) is 3.27. The van der Waals surface area contributed by atoms with Crippen LogP contribution in [0, 0.1) is 20.8 Å². The molecule has 2 aromatic rings. The van der Waals surface area contributed by atoms with Crippen LogP contribution >= 0.6 is 0 Å².